The molecule has 1 atom stereocenters. The number of nitrogens with zero attached hydrogens (tertiary/aromatic N) is 2. The maximum Gasteiger partial charge on any atom is 0.234 e. The van der Waals surface area contributed by atoms with Crippen LogP contribution in [0.4, 0.5) is 5.69 Å². The molecule has 19 heavy (non-hydrogen) atoms. The van der Waals surface area contributed by atoms with Gasteiger partial charge >= 0.3 is 0 Å². The fourth-order valence-corrected chi connectivity index (χ4v) is 1.80. The summed E-state index contributed by atoms with van der Waals surface area (Å²) in [6.07, 6.45) is 3.23. The minimum absolute atomic E-state index is 0.121. The third kappa shape index (κ3) is 3.54. The summed E-state index contributed by atoms with van der Waals surface area (Å²) < 4.78 is 0. The Morgan fingerprint density at radius 2 is 1.89 bits per heavy atom. The molecule has 0 aliphatic heterocycles. The van der Waals surface area contributed by atoms with Crippen molar-refractivity contribution in [2.75, 3.05) is 11.1 Å². The van der Waals surface area contributed by atoms with Gasteiger partial charge in [0.05, 0.1) is 23.8 Å². The van der Waals surface area contributed by atoms with Crippen LogP contribution in [-0.4, -0.2) is 21.6 Å². The topological polar surface area (TPSA) is 54.9 Å². The summed E-state index contributed by atoms with van der Waals surface area (Å²) in [4.78, 5) is 19.8. The Morgan fingerprint density at radius 3 is 2.47 bits per heavy atom. The number of anilines is 1. The minimum Gasteiger partial charge on any atom is -0.323 e. The molecule has 98 valence electrons. The Balaban J connectivity index is 2.12. The van der Waals surface area contributed by atoms with Crippen LogP contribution in [0.5, 0.6) is 0 Å². The van der Waals surface area contributed by atoms with Gasteiger partial charge in [0.15, 0.2) is 0 Å². The van der Waals surface area contributed by atoms with Crippen LogP contribution in [-0.2, 0) is 4.79 Å². The molecule has 1 aromatic carbocycles. The first kappa shape index (κ1) is 13.5. The quantitative estimate of drug-likeness (QED) is 0.842. The van der Waals surface area contributed by atoms with Gasteiger partial charge in [-0.15, -0.1) is 0 Å². The molecule has 0 saturated heterocycles. The third-order valence-electron chi connectivity index (χ3n) is 2.79. The van der Waals surface area contributed by atoms with Gasteiger partial charge in [-0.25, -0.2) is 9.97 Å². The van der Waals surface area contributed by atoms with Crippen molar-refractivity contribution in [2.45, 2.75) is 12.8 Å². The first-order chi connectivity index (χ1) is 9.20. The van der Waals surface area contributed by atoms with Crippen molar-refractivity contribution in [2.24, 2.45) is 0 Å². The molecule has 0 aliphatic rings. The van der Waals surface area contributed by atoms with Crippen LogP contribution >= 0.6 is 12.6 Å². The zero-order valence-corrected chi connectivity index (χ0v) is 11.5. The SMILES string of the molecule is CC(c1ccccc1)c1ncc(NC(=O)CS)cn1. The second kappa shape index (κ2) is 6.33. The first-order valence-corrected chi connectivity index (χ1v) is 6.61. The minimum atomic E-state index is -0.171. The smallest absolute Gasteiger partial charge is 0.234 e. The van der Waals surface area contributed by atoms with Crippen LogP contribution < -0.4 is 5.32 Å². The van der Waals surface area contributed by atoms with E-state index in [2.05, 4.69) is 34.8 Å². The van der Waals surface area contributed by atoms with E-state index < -0.39 is 0 Å². The second-order valence-corrected chi connectivity index (χ2v) is 4.48. The zero-order valence-electron chi connectivity index (χ0n) is 10.6. The highest BCUT2D eigenvalue weighted by Crippen LogP contribution is 2.20. The van der Waals surface area contributed by atoms with E-state index in [-0.39, 0.29) is 17.6 Å². The predicted octanol–water partition coefficient (Wildman–Crippen LogP) is 2.50. The molecule has 0 aliphatic carbocycles. The fraction of sp³-hybridized carbons (Fsp3) is 0.214. The van der Waals surface area contributed by atoms with Crippen LogP contribution in [0.2, 0.25) is 0 Å². The Kier molecular flexibility index (Phi) is 4.52. The van der Waals surface area contributed by atoms with E-state index in [9.17, 15) is 4.79 Å². The lowest BCUT2D eigenvalue weighted by Crippen LogP contribution is -2.13. The van der Waals surface area contributed by atoms with E-state index in [1.54, 1.807) is 12.4 Å². The lowest BCUT2D eigenvalue weighted by atomic mass is 10.0. The molecule has 4 nitrogen and oxygen atoms in total. The van der Waals surface area contributed by atoms with Crippen LogP contribution in [0, 0.1) is 0 Å². The first-order valence-electron chi connectivity index (χ1n) is 5.98. The van der Waals surface area contributed by atoms with Crippen LogP contribution in [0.15, 0.2) is 42.7 Å². The van der Waals surface area contributed by atoms with Gasteiger partial charge in [-0.05, 0) is 5.56 Å². The molecule has 5 heteroatoms. The molecule has 2 aromatic rings. The molecule has 0 spiro atoms. The number of carbonyl (C=O) groups excluding carboxylic acids is 1. The molecular formula is C14H15N3OS. The number of carbonyl (C=O) groups is 1. The number of amides is 1. The summed E-state index contributed by atoms with van der Waals surface area (Å²) in [6, 6.07) is 10.1. The summed E-state index contributed by atoms with van der Waals surface area (Å²) in [6.45, 7) is 2.05. The van der Waals surface area contributed by atoms with E-state index in [0.29, 0.717) is 5.69 Å². The summed E-state index contributed by atoms with van der Waals surface area (Å²) in [5.74, 6) is 0.823. The number of hydrogen-bond donors (Lipinski definition) is 2. The molecule has 0 fully saturated rings. The summed E-state index contributed by atoms with van der Waals surface area (Å²) in [5.41, 5.74) is 1.75. The molecular weight excluding hydrogens is 258 g/mol. The third-order valence-corrected chi connectivity index (χ3v) is 3.07. The van der Waals surface area contributed by atoms with E-state index >= 15 is 0 Å². The monoisotopic (exact) mass is 273 g/mol. The highest BCUT2D eigenvalue weighted by Gasteiger charge is 2.11. The number of thiol groups is 1. The van der Waals surface area contributed by atoms with Crippen LogP contribution in [0.1, 0.15) is 24.2 Å². The molecule has 0 radical (unpaired) electrons. The number of aromatic nitrogens is 2. The van der Waals surface area contributed by atoms with E-state index in [0.717, 1.165) is 11.4 Å². The highest BCUT2D eigenvalue weighted by atomic mass is 32.1. The number of nitrogens with one attached hydrogen (secondary N) is 1. The van der Waals surface area contributed by atoms with Gasteiger partial charge in [0, 0.05) is 5.92 Å². The molecule has 1 amide bonds. The van der Waals surface area contributed by atoms with Crippen molar-refractivity contribution in [3.05, 3.63) is 54.1 Å². The Bertz CT molecular complexity index is 542. The summed E-state index contributed by atoms with van der Waals surface area (Å²) in [5, 5.41) is 2.66. The van der Waals surface area contributed by atoms with Gasteiger partial charge < -0.3 is 5.32 Å². The van der Waals surface area contributed by atoms with Crippen molar-refractivity contribution in [3.8, 4) is 0 Å². The van der Waals surface area contributed by atoms with E-state index in [1.807, 2.05) is 30.3 Å². The van der Waals surface area contributed by atoms with Crippen molar-refractivity contribution in [1.29, 1.82) is 0 Å². The maximum absolute atomic E-state index is 11.2. The van der Waals surface area contributed by atoms with E-state index in [4.69, 9.17) is 0 Å². The van der Waals surface area contributed by atoms with E-state index in [1.165, 1.54) is 0 Å². The molecule has 1 unspecified atom stereocenters. The second-order valence-electron chi connectivity index (χ2n) is 4.17. The van der Waals surface area contributed by atoms with Crippen LogP contribution in [0.3, 0.4) is 0 Å². The van der Waals surface area contributed by atoms with Gasteiger partial charge in [0.2, 0.25) is 5.91 Å². The molecule has 1 N–H and O–H groups in total. The molecule has 1 heterocycles. The maximum atomic E-state index is 11.2. The average molecular weight is 273 g/mol. The van der Waals surface area contributed by atoms with Crippen LogP contribution in [0.25, 0.3) is 0 Å². The normalized spacial score (nSPS) is 11.9. The Hall–Kier alpha value is -1.88. The Morgan fingerprint density at radius 1 is 1.26 bits per heavy atom. The van der Waals surface area contributed by atoms with Gasteiger partial charge in [-0.1, -0.05) is 37.3 Å². The standard InChI is InChI=1S/C14H15N3OS/c1-10(11-5-3-2-4-6-11)14-15-7-12(8-16-14)17-13(18)9-19/h2-8,10,19H,9H2,1H3,(H,17,18). The molecule has 2 rings (SSSR count). The summed E-state index contributed by atoms with van der Waals surface area (Å²) >= 11 is 3.89. The summed E-state index contributed by atoms with van der Waals surface area (Å²) in [7, 11) is 0. The number of hydrogen-bond acceptors (Lipinski definition) is 4. The van der Waals surface area contributed by atoms with Crippen molar-refractivity contribution in [3.63, 3.8) is 0 Å². The highest BCUT2D eigenvalue weighted by molar-refractivity contribution is 7.81. The van der Waals surface area contributed by atoms with Crippen molar-refractivity contribution < 1.29 is 4.79 Å². The average Bonchev–Trinajstić information content (AvgIpc) is 2.48. The van der Waals surface area contributed by atoms with Crippen molar-refractivity contribution >= 4 is 24.2 Å². The lowest BCUT2D eigenvalue weighted by molar-refractivity contribution is -0.113. The largest absolute Gasteiger partial charge is 0.323 e. The van der Waals surface area contributed by atoms with Gasteiger partial charge in [0.25, 0.3) is 0 Å². The molecule has 0 bridgehead atoms. The number of rotatable bonds is 4. The van der Waals surface area contributed by atoms with Gasteiger partial charge in [0.1, 0.15) is 5.82 Å². The zero-order chi connectivity index (χ0) is 13.7. The Labute approximate surface area is 117 Å². The predicted molar refractivity (Wildman–Crippen MR) is 78.5 cm³/mol. The lowest BCUT2D eigenvalue weighted by Gasteiger charge is -2.10. The van der Waals surface area contributed by atoms with Gasteiger partial charge in [-0.2, -0.15) is 12.6 Å². The molecule has 0 saturated carbocycles. The van der Waals surface area contributed by atoms with Crippen molar-refractivity contribution in [1.82, 2.24) is 9.97 Å². The van der Waals surface area contributed by atoms with Gasteiger partial charge in [-0.3, -0.25) is 4.79 Å². The number of benzene rings is 1. The molecule has 1 aromatic heterocycles. The fourth-order valence-electron chi connectivity index (χ4n) is 1.72.